The van der Waals surface area contributed by atoms with E-state index in [1.165, 1.54) is 12.8 Å². The molecule has 6 nitrogen and oxygen atoms in total. The number of likely N-dealkylation sites (tertiary alicyclic amines) is 1. The standard InChI is InChI=1S/C21H27ClN4O2/c1-25-12-8-11-18(25)19(26-13-6-2-3-7-14-26)15-23-20(27)21(28)24-17-10-5-4-9-16(17)22/h4-5,8-12,19H,2-3,6-7,13-15H2,1H3,(H,23,27)(H,24,28). The summed E-state index contributed by atoms with van der Waals surface area (Å²) >= 11 is 6.05. The molecule has 2 amide bonds. The van der Waals surface area contributed by atoms with Crippen LogP contribution in [0.5, 0.6) is 0 Å². The van der Waals surface area contributed by atoms with Gasteiger partial charge in [0.2, 0.25) is 0 Å². The van der Waals surface area contributed by atoms with Crippen LogP contribution >= 0.6 is 11.6 Å². The normalized spacial score (nSPS) is 16.2. The molecule has 0 aliphatic carbocycles. The van der Waals surface area contributed by atoms with E-state index in [4.69, 9.17) is 11.6 Å². The van der Waals surface area contributed by atoms with E-state index in [2.05, 4.69) is 26.2 Å². The van der Waals surface area contributed by atoms with Gasteiger partial charge in [0.25, 0.3) is 0 Å². The highest BCUT2D eigenvalue weighted by atomic mass is 35.5. The number of benzene rings is 1. The van der Waals surface area contributed by atoms with E-state index >= 15 is 0 Å². The first kappa shape index (κ1) is 20.4. The van der Waals surface area contributed by atoms with Crippen molar-refractivity contribution < 1.29 is 9.59 Å². The molecule has 1 aromatic heterocycles. The molecule has 0 radical (unpaired) electrons. The van der Waals surface area contributed by atoms with E-state index in [1.807, 2.05) is 19.3 Å². The third kappa shape index (κ3) is 5.14. The van der Waals surface area contributed by atoms with E-state index in [1.54, 1.807) is 24.3 Å². The molecule has 0 saturated carbocycles. The van der Waals surface area contributed by atoms with Gasteiger partial charge in [-0.2, -0.15) is 0 Å². The summed E-state index contributed by atoms with van der Waals surface area (Å²) in [6, 6.07) is 11.0. The molecule has 150 valence electrons. The molecular formula is C21H27ClN4O2. The van der Waals surface area contributed by atoms with E-state index in [0.29, 0.717) is 17.3 Å². The molecule has 0 spiro atoms. The molecule has 28 heavy (non-hydrogen) atoms. The zero-order valence-electron chi connectivity index (χ0n) is 16.2. The quantitative estimate of drug-likeness (QED) is 0.754. The second-order valence-corrected chi connectivity index (χ2v) is 7.56. The maximum Gasteiger partial charge on any atom is 0.313 e. The number of halogens is 1. The average molecular weight is 403 g/mol. The van der Waals surface area contributed by atoms with Crippen LogP contribution in [0.3, 0.4) is 0 Å². The van der Waals surface area contributed by atoms with Gasteiger partial charge in [-0.1, -0.05) is 36.6 Å². The van der Waals surface area contributed by atoms with Crippen molar-refractivity contribution in [3.63, 3.8) is 0 Å². The SMILES string of the molecule is Cn1cccc1C(CNC(=O)C(=O)Nc1ccccc1Cl)N1CCCCCC1. The molecule has 2 N–H and O–H groups in total. The summed E-state index contributed by atoms with van der Waals surface area (Å²) in [5.74, 6) is -1.37. The number of aromatic nitrogens is 1. The topological polar surface area (TPSA) is 66.4 Å². The van der Waals surface area contributed by atoms with Crippen LogP contribution in [0.2, 0.25) is 5.02 Å². The van der Waals surface area contributed by atoms with Gasteiger partial charge in [-0.05, 0) is 50.2 Å². The number of carbonyl (C=O) groups is 2. The zero-order chi connectivity index (χ0) is 19.9. The number of amides is 2. The van der Waals surface area contributed by atoms with E-state index in [0.717, 1.165) is 31.6 Å². The van der Waals surface area contributed by atoms with Crippen LogP contribution in [-0.2, 0) is 16.6 Å². The molecule has 3 rings (SSSR count). The molecule has 1 aliphatic heterocycles. The van der Waals surface area contributed by atoms with Crippen LogP contribution in [-0.4, -0.2) is 40.9 Å². The molecule has 2 aromatic rings. The monoisotopic (exact) mass is 402 g/mol. The Labute approximate surface area is 170 Å². The summed E-state index contributed by atoms with van der Waals surface area (Å²) in [5, 5.41) is 5.77. The number of nitrogens with one attached hydrogen (secondary N) is 2. The molecule has 1 saturated heterocycles. The fraction of sp³-hybridized carbons (Fsp3) is 0.429. The Morgan fingerprint density at radius 2 is 1.75 bits per heavy atom. The van der Waals surface area contributed by atoms with Crippen LogP contribution in [0.25, 0.3) is 0 Å². The van der Waals surface area contributed by atoms with Gasteiger partial charge < -0.3 is 15.2 Å². The minimum Gasteiger partial charge on any atom is -0.353 e. The number of anilines is 1. The predicted octanol–water partition coefficient (Wildman–Crippen LogP) is 3.35. The number of para-hydroxylation sites is 1. The van der Waals surface area contributed by atoms with Crippen LogP contribution < -0.4 is 10.6 Å². The lowest BCUT2D eigenvalue weighted by molar-refractivity contribution is -0.136. The Balaban J connectivity index is 1.65. The molecule has 1 aliphatic rings. The Hall–Kier alpha value is -2.31. The summed E-state index contributed by atoms with van der Waals surface area (Å²) in [4.78, 5) is 27.0. The molecule has 1 fully saturated rings. The van der Waals surface area contributed by atoms with Crippen LogP contribution in [0.4, 0.5) is 5.69 Å². The Morgan fingerprint density at radius 3 is 2.39 bits per heavy atom. The number of nitrogens with zero attached hydrogens (tertiary/aromatic N) is 2. The van der Waals surface area contributed by atoms with Crippen molar-refractivity contribution in [2.45, 2.75) is 31.7 Å². The second kappa shape index (κ2) is 9.75. The molecule has 1 atom stereocenters. The highest BCUT2D eigenvalue weighted by Gasteiger charge is 2.25. The second-order valence-electron chi connectivity index (χ2n) is 7.15. The van der Waals surface area contributed by atoms with Gasteiger partial charge in [-0.3, -0.25) is 14.5 Å². The summed E-state index contributed by atoms with van der Waals surface area (Å²) in [6.45, 7) is 2.38. The Kier molecular flexibility index (Phi) is 7.12. The van der Waals surface area contributed by atoms with Crippen molar-refractivity contribution in [3.8, 4) is 0 Å². The molecule has 7 heteroatoms. The maximum absolute atomic E-state index is 12.4. The minimum atomic E-state index is -0.713. The van der Waals surface area contributed by atoms with Gasteiger partial charge in [-0.25, -0.2) is 0 Å². The number of hydrogen-bond donors (Lipinski definition) is 2. The molecule has 2 heterocycles. The number of hydrogen-bond acceptors (Lipinski definition) is 3. The molecule has 1 aromatic carbocycles. The van der Waals surface area contributed by atoms with Crippen molar-refractivity contribution in [1.29, 1.82) is 0 Å². The maximum atomic E-state index is 12.4. The lowest BCUT2D eigenvalue weighted by Gasteiger charge is -2.31. The smallest absolute Gasteiger partial charge is 0.313 e. The van der Waals surface area contributed by atoms with Crippen molar-refractivity contribution in [3.05, 3.63) is 53.3 Å². The third-order valence-corrected chi connectivity index (χ3v) is 5.52. The van der Waals surface area contributed by atoms with Gasteiger partial charge >= 0.3 is 11.8 Å². The van der Waals surface area contributed by atoms with Gasteiger partial charge in [0, 0.05) is 25.5 Å². The highest BCUT2D eigenvalue weighted by molar-refractivity contribution is 6.41. The first-order valence-electron chi connectivity index (χ1n) is 9.75. The van der Waals surface area contributed by atoms with E-state index in [9.17, 15) is 9.59 Å². The van der Waals surface area contributed by atoms with Crippen LogP contribution in [0.15, 0.2) is 42.6 Å². The van der Waals surface area contributed by atoms with Crippen LogP contribution in [0.1, 0.15) is 37.4 Å². The Morgan fingerprint density at radius 1 is 1.04 bits per heavy atom. The van der Waals surface area contributed by atoms with Gasteiger partial charge in [0.15, 0.2) is 0 Å². The minimum absolute atomic E-state index is 0.0372. The largest absolute Gasteiger partial charge is 0.353 e. The zero-order valence-corrected chi connectivity index (χ0v) is 16.9. The first-order valence-corrected chi connectivity index (χ1v) is 10.1. The van der Waals surface area contributed by atoms with Crippen molar-refractivity contribution in [2.75, 3.05) is 25.0 Å². The number of rotatable bonds is 5. The van der Waals surface area contributed by atoms with Crippen molar-refractivity contribution >= 4 is 29.1 Å². The highest BCUT2D eigenvalue weighted by Crippen LogP contribution is 2.24. The molecular weight excluding hydrogens is 376 g/mol. The lowest BCUT2D eigenvalue weighted by atomic mass is 10.1. The average Bonchev–Trinajstić information content (AvgIpc) is 2.93. The van der Waals surface area contributed by atoms with Crippen LogP contribution in [0, 0.1) is 0 Å². The predicted molar refractivity (Wildman–Crippen MR) is 111 cm³/mol. The van der Waals surface area contributed by atoms with Gasteiger partial charge in [0.1, 0.15) is 0 Å². The Bertz CT molecular complexity index is 812. The van der Waals surface area contributed by atoms with E-state index in [-0.39, 0.29) is 6.04 Å². The fourth-order valence-electron chi connectivity index (χ4n) is 3.66. The summed E-state index contributed by atoms with van der Waals surface area (Å²) in [5.41, 5.74) is 1.56. The third-order valence-electron chi connectivity index (χ3n) is 5.19. The molecule has 0 bridgehead atoms. The summed E-state index contributed by atoms with van der Waals surface area (Å²) in [6.07, 6.45) is 6.79. The van der Waals surface area contributed by atoms with E-state index < -0.39 is 11.8 Å². The van der Waals surface area contributed by atoms with Crippen molar-refractivity contribution in [2.24, 2.45) is 7.05 Å². The van der Waals surface area contributed by atoms with Gasteiger partial charge in [-0.15, -0.1) is 0 Å². The summed E-state index contributed by atoms with van der Waals surface area (Å²) in [7, 11) is 2.01. The summed E-state index contributed by atoms with van der Waals surface area (Å²) < 4.78 is 2.07. The van der Waals surface area contributed by atoms with Gasteiger partial charge in [0.05, 0.1) is 16.8 Å². The lowest BCUT2D eigenvalue weighted by Crippen LogP contribution is -2.43. The fourth-order valence-corrected chi connectivity index (χ4v) is 3.84. The first-order chi connectivity index (χ1) is 13.6. The number of carbonyl (C=O) groups excluding carboxylic acids is 2. The number of aryl methyl sites for hydroxylation is 1. The molecule has 1 unspecified atom stereocenters. The van der Waals surface area contributed by atoms with Crippen molar-refractivity contribution in [1.82, 2.24) is 14.8 Å².